The van der Waals surface area contributed by atoms with Crippen LogP contribution in [0.2, 0.25) is 0 Å². The zero-order chi connectivity index (χ0) is 16.8. The van der Waals surface area contributed by atoms with Crippen molar-refractivity contribution in [2.75, 3.05) is 30.4 Å². The number of aryl methyl sites for hydroxylation is 1. The lowest BCUT2D eigenvalue weighted by Crippen LogP contribution is -2.17. The molecule has 4 heteroatoms. The van der Waals surface area contributed by atoms with Crippen molar-refractivity contribution >= 4 is 17.3 Å². The number of ether oxygens (including phenoxy) is 1. The Hall–Kier alpha value is -2.49. The van der Waals surface area contributed by atoms with Crippen molar-refractivity contribution in [3.63, 3.8) is 0 Å². The van der Waals surface area contributed by atoms with Gasteiger partial charge in [0.2, 0.25) is 5.91 Å². The molecule has 0 spiro atoms. The number of nitrogens with one attached hydrogen (secondary N) is 1. The van der Waals surface area contributed by atoms with Gasteiger partial charge in [-0.2, -0.15) is 0 Å². The summed E-state index contributed by atoms with van der Waals surface area (Å²) in [4.78, 5) is 14.5. The van der Waals surface area contributed by atoms with Gasteiger partial charge in [0.15, 0.2) is 0 Å². The van der Waals surface area contributed by atoms with Crippen LogP contribution in [-0.2, 0) is 11.2 Å². The average Bonchev–Trinajstić information content (AvgIpc) is 3.15. The molecule has 4 nitrogen and oxygen atoms in total. The van der Waals surface area contributed by atoms with Gasteiger partial charge < -0.3 is 15.0 Å². The van der Waals surface area contributed by atoms with E-state index in [1.54, 1.807) is 7.11 Å². The highest BCUT2D eigenvalue weighted by atomic mass is 16.5. The third-order valence-electron chi connectivity index (χ3n) is 4.40. The molecule has 3 rings (SSSR count). The van der Waals surface area contributed by atoms with Crippen molar-refractivity contribution in [1.82, 2.24) is 0 Å². The zero-order valence-electron chi connectivity index (χ0n) is 14.1. The van der Waals surface area contributed by atoms with Gasteiger partial charge in [-0.25, -0.2) is 0 Å². The Bertz CT molecular complexity index is 676. The molecule has 0 bridgehead atoms. The first-order chi connectivity index (χ1) is 11.7. The first kappa shape index (κ1) is 16.4. The normalized spacial score (nSPS) is 13.8. The Morgan fingerprint density at radius 1 is 1.12 bits per heavy atom. The van der Waals surface area contributed by atoms with Gasteiger partial charge in [0, 0.05) is 37.0 Å². The number of hydrogen-bond donors (Lipinski definition) is 1. The molecule has 0 unspecified atom stereocenters. The Labute approximate surface area is 143 Å². The summed E-state index contributed by atoms with van der Waals surface area (Å²) in [5, 5.41) is 2.92. The van der Waals surface area contributed by atoms with E-state index in [-0.39, 0.29) is 5.91 Å². The maximum absolute atomic E-state index is 12.1. The zero-order valence-corrected chi connectivity index (χ0v) is 14.1. The molecular formula is C20H24N2O2. The van der Waals surface area contributed by atoms with Gasteiger partial charge in [-0.05, 0) is 49.1 Å². The van der Waals surface area contributed by atoms with Gasteiger partial charge in [-0.3, -0.25) is 4.79 Å². The summed E-state index contributed by atoms with van der Waals surface area (Å²) >= 11 is 0. The number of nitrogens with zero attached hydrogens (tertiary/aromatic N) is 1. The predicted octanol–water partition coefficient (Wildman–Crippen LogP) is 3.87. The van der Waals surface area contributed by atoms with Crippen molar-refractivity contribution in [2.24, 2.45) is 0 Å². The molecule has 1 aliphatic rings. The number of methoxy groups -OCH3 is 1. The lowest BCUT2D eigenvalue weighted by molar-refractivity contribution is -0.116. The van der Waals surface area contributed by atoms with E-state index >= 15 is 0 Å². The first-order valence-electron chi connectivity index (χ1n) is 8.52. The summed E-state index contributed by atoms with van der Waals surface area (Å²) in [6.07, 6.45) is 3.79. The fourth-order valence-electron chi connectivity index (χ4n) is 3.03. The molecule has 2 aromatic rings. The van der Waals surface area contributed by atoms with Crippen molar-refractivity contribution in [3.8, 4) is 5.75 Å². The molecule has 1 saturated heterocycles. The number of benzene rings is 2. The Morgan fingerprint density at radius 3 is 2.58 bits per heavy atom. The third-order valence-corrected chi connectivity index (χ3v) is 4.40. The quantitative estimate of drug-likeness (QED) is 0.877. The maximum Gasteiger partial charge on any atom is 0.224 e. The van der Waals surface area contributed by atoms with Crippen LogP contribution in [0.4, 0.5) is 11.4 Å². The summed E-state index contributed by atoms with van der Waals surface area (Å²) < 4.78 is 5.16. The van der Waals surface area contributed by atoms with Crippen molar-refractivity contribution < 1.29 is 9.53 Å². The van der Waals surface area contributed by atoms with Gasteiger partial charge in [0.05, 0.1) is 7.11 Å². The van der Waals surface area contributed by atoms with Crippen molar-refractivity contribution in [2.45, 2.75) is 25.7 Å². The van der Waals surface area contributed by atoms with E-state index in [9.17, 15) is 4.79 Å². The molecule has 0 saturated carbocycles. The molecular weight excluding hydrogens is 300 g/mol. The van der Waals surface area contributed by atoms with E-state index in [0.29, 0.717) is 6.42 Å². The lowest BCUT2D eigenvalue weighted by Gasteiger charge is -2.17. The molecule has 1 N–H and O–H groups in total. The number of carbonyl (C=O) groups excluding carboxylic acids is 1. The molecule has 1 amide bonds. The fraction of sp³-hybridized carbons (Fsp3) is 0.350. The second-order valence-corrected chi connectivity index (χ2v) is 6.14. The summed E-state index contributed by atoms with van der Waals surface area (Å²) in [7, 11) is 1.62. The first-order valence-corrected chi connectivity index (χ1v) is 8.52. The van der Waals surface area contributed by atoms with Crippen molar-refractivity contribution in [3.05, 3.63) is 54.1 Å². The van der Waals surface area contributed by atoms with Crippen LogP contribution in [0.15, 0.2) is 48.5 Å². The highest BCUT2D eigenvalue weighted by Crippen LogP contribution is 2.21. The largest absolute Gasteiger partial charge is 0.497 e. The Morgan fingerprint density at radius 2 is 1.88 bits per heavy atom. The smallest absolute Gasteiger partial charge is 0.224 e. The molecule has 0 aliphatic carbocycles. The van der Waals surface area contributed by atoms with E-state index < -0.39 is 0 Å². The van der Waals surface area contributed by atoms with Crippen LogP contribution < -0.4 is 15.0 Å². The van der Waals surface area contributed by atoms with E-state index in [4.69, 9.17) is 4.74 Å². The highest BCUT2D eigenvalue weighted by molar-refractivity contribution is 5.91. The topological polar surface area (TPSA) is 41.6 Å². The summed E-state index contributed by atoms with van der Waals surface area (Å²) in [6.45, 7) is 2.31. The molecule has 24 heavy (non-hydrogen) atoms. The molecule has 0 aromatic heterocycles. The van der Waals surface area contributed by atoms with Gasteiger partial charge in [0.1, 0.15) is 5.75 Å². The van der Waals surface area contributed by atoms with Crippen LogP contribution in [0.25, 0.3) is 0 Å². The van der Waals surface area contributed by atoms with Gasteiger partial charge in [-0.1, -0.05) is 18.2 Å². The van der Waals surface area contributed by atoms with Crippen LogP contribution in [0.3, 0.4) is 0 Å². The molecule has 1 heterocycles. The molecule has 0 atom stereocenters. The second-order valence-electron chi connectivity index (χ2n) is 6.14. The van der Waals surface area contributed by atoms with Gasteiger partial charge >= 0.3 is 0 Å². The predicted molar refractivity (Wildman–Crippen MR) is 97.8 cm³/mol. The number of hydrogen-bond acceptors (Lipinski definition) is 3. The second kappa shape index (κ2) is 7.86. The van der Waals surface area contributed by atoms with Crippen LogP contribution in [0.5, 0.6) is 5.75 Å². The summed E-state index contributed by atoms with van der Waals surface area (Å²) in [5.74, 6) is 0.761. The third kappa shape index (κ3) is 4.28. The van der Waals surface area contributed by atoms with Crippen molar-refractivity contribution in [1.29, 1.82) is 0 Å². The summed E-state index contributed by atoms with van der Waals surface area (Å²) in [5.41, 5.74) is 3.25. The lowest BCUT2D eigenvalue weighted by atomic mass is 10.1. The van der Waals surface area contributed by atoms with Gasteiger partial charge in [0.25, 0.3) is 0 Å². The van der Waals surface area contributed by atoms with E-state index in [0.717, 1.165) is 30.9 Å². The van der Waals surface area contributed by atoms with Crippen LogP contribution in [-0.4, -0.2) is 26.1 Å². The Kier molecular flexibility index (Phi) is 5.36. The van der Waals surface area contributed by atoms with Crippen LogP contribution in [0.1, 0.15) is 24.8 Å². The fourth-order valence-corrected chi connectivity index (χ4v) is 3.03. The number of rotatable bonds is 6. The Balaban J connectivity index is 1.50. The minimum absolute atomic E-state index is 0.0203. The standard InChI is InChI=1S/C20H24N2O2/c1-24-19-6-4-5-17(15-19)21-20(23)12-9-16-7-10-18(11-8-16)22-13-2-3-14-22/h4-8,10-11,15H,2-3,9,12-14H2,1H3,(H,21,23). The average molecular weight is 324 g/mol. The van der Waals surface area contributed by atoms with E-state index in [1.807, 2.05) is 24.3 Å². The summed E-state index contributed by atoms with van der Waals surface area (Å²) in [6, 6.07) is 16.0. The van der Waals surface area contributed by atoms with Crippen LogP contribution in [0, 0.1) is 0 Å². The highest BCUT2D eigenvalue weighted by Gasteiger charge is 2.12. The van der Waals surface area contributed by atoms with E-state index in [1.165, 1.54) is 24.1 Å². The SMILES string of the molecule is COc1cccc(NC(=O)CCc2ccc(N3CCCC3)cc2)c1. The number of amides is 1. The number of anilines is 2. The van der Waals surface area contributed by atoms with Crippen LogP contribution >= 0.6 is 0 Å². The van der Waals surface area contributed by atoms with E-state index in [2.05, 4.69) is 34.5 Å². The maximum atomic E-state index is 12.1. The minimum Gasteiger partial charge on any atom is -0.497 e. The minimum atomic E-state index is 0.0203. The molecule has 0 radical (unpaired) electrons. The van der Waals surface area contributed by atoms with Gasteiger partial charge in [-0.15, -0.1) is 0 Å². The monoisotopic (exact) mass is 324 g/mol. The molecule has 1 fully saturated rings. The molecule has 2 aromatic carbocycles. The molecule has 1 aliphatic heterocycles. The molecule has 126 valence electrons. The number of carbonyl (C=O) groups is 1.